The van der Waals surface area contributed by atoms with Crippen LogP contribution in [0.1, 0.15) is 19.3 Å². The summed E-state index contributed by atoms with van der Waals surface area (Å²) in [5, 5.41) is 0.741. The molecular formula is C18H21FN2O3S2. The topological polar surface area (TPSA) is 59.5 Å². The van der Waals surface area contributed by atoms with Crippen molar-refractivity contribution in [1.29, 1.82) is 0 Å². The highest BCUT2D eigenvalue weighted by Gasteiger charge is 2.26. The number of piperidine rings is 1. The van der Waals surface area contributed by atoms with Crippen LogP contribution in [-0.2, 0) is 10.0 Å². The molecule has 0 aliphatic carbocycles. The predicted octanol–water partition coefficient (Wildman–Crippen LogP) is 3.57. The maximum absolute atomic E-state index is 12.8. The van der Waals surface area contributed by atoms with E-state index in [2.05, 4.69) is 4.98 Å². The molecule has 1 aromatic heterocycles. The van der Waals surface area contributed by atoms with E-state index < -0.39 is 10.0 Å². The van der Waals surface area contributed by atoms with E-state index in [1.165, 1.54) is 34.4 Å². The van der Waals surface area contributed by atoms with E-state index in [1.54, 1.807) is 24.3 Å². The van der Waals surface area contributed by atoms with Crippen LogP contribution < -0.4 is 4.74 Å². The Morgan fingerprint density at radius 1 is 1.08 bits per heavy atom. The summed E-state index contributed by atoms with van der Waals surface area (Å²) in [5.74, 6) is 0.973. The van der Waals surface area contributed by atoms with Crippen molar-refractivity contribution in [2.75, 3.05) is 25.4 Å². The van der Waals surface area contributed by atoms with Crippen molar-refractivity contribution >= 4 is 21.8 Å². The molecule has 0 amide bonds. The summed E-state index contributed by atoms with van der Waals surface area (Å²) < 4.78 is 45.0. The van der Waals surface area contributed by atoms with E-state index >= 15 is 0 Å². The van der Waals surface area contributed by atoms with Gasteiger partial charge in [-0.15, -0.1) is 11.8 Å². The summed E-state index contributed by atoms with van der Waals surface area (Å²) in [6.45, 7) is 1.62. The largest absolute Gasteiger partial charge is 0.493 e. The highest BCUT2D eigenvalue weighted by atomic mass is 32.2. The molecule has 0 saturated carbocycles. The first-order valence-corrected chi connectivity index (χ1v) is 11.0. The molecule has 0 bridgehead atoms. The van der Waals surface area contributed by atoms with Gasteiger partial charge in [0.1, 0.15) is 16.5 Å². The molecule has 1 aromatic carbocycles. The highest BCUT2D eigenvalue weighted by Crippen LogP contribution is 2.22. The third-order valence-electron chi connectivity index (χ3n) is 4.08. The molecule has 1 aliphatic heterocycles. The van der Waals surface area contributed by atoms with E-state index in [9.17, 15) is 12.8 Å². The normalized spacial score (nSPS) is 15.7. The first-order chi connectivity index (χ1) is 12.6. The summed E-state index contributed by atoms with van der Waals surface area (Å²) in [4.78, 5) is 4.49. The average molecular weight is 397 g/mol. The Hall–Kier alpha value is -1.64. The Labute approximate surface area is 157 Å². The van der Waals surface area contributed by atoms with Crippen LogP contribution >= 0.6 is 11.8 Å². The number of thioether (sulfide) groups is 1. The predicted molar refractivity (Wildman–Crippen MR) is 99.5 cm³/mol. The second kappa shape index (κ2) is 8.83. The van der Waals surface area contributed by atoms with Crippen molar-refractivity contribution in [2.45, 2.75) is 29.2 Å². The van der Waals surface area contributed by atoms with Gasteiger partial charge in [-0.05, 0) is 49.2 Å². The van der Waals surface area contributed by atoms with Crippen LogP contribution in [0.5, 0.6) is 5.75 Å². The van der Waals surface area contributed by atoms with Crippen LogP contribution in [0.3, 0.4) is 0 Å². The Morgan fingerprint density at radius 3 is 2.46 bits per heavy atom. The lowest BCUT2D eigenvalue weighted by atomic mass is 10.2. The zero-order valence-corrected chi connectivity index (χ0v) is 15.9. The number of halogens is 1. The summed E-state index contributed by atoms with van der Waals surface area (Å²) in [7, 11) is -3.44. The van der Waals surface area contributed by atoms with Gasteiger partial charge in [0.05, 0.1) is 11.6 Å². The molecule has 8 heteroatoms. The van der Waals surface area contributed by atoms with Crippen molar-refractivity contribution in [1.82, 2.24) is 9.29 Å². The van der Waals surface area contributed by atoms with Gasteiger partial charge in [-0.25, -0.2) is 17.8 Å². The van der Waals surface area contributed by atoms with Gasteiger partial charge in [-0.1, -0.05) is 6.42 Å². The third kappa shape index (κ3) is 4.96. The van der Waals surface area contributed by atoms with Gasteiger partial charge in [0.15, 0.2) is 0 Å². The lowest BCUT2D eigenvalue weighted by Gasteiger charge is -2.25. The van der Waals surface area contributed by atoms with Crippen LogP contribution in [0.15, 0.2) is 52.5 Å². The standard InChI is InChI=1S/C18H21FN2O3S2/c19-15-4-6-16(7-5-15)24-12-13-25-18-9-8-17(14-20-18)26(22,23)21-10-2-1-3-11-21/h4-9,14H,1-3,10-13H2. The van der Waals surface area contributed by atoms with Crippen molar-refractivity contribution < 1.29 is 17.5 Å². The Morgan fingerprint density at radius 2 is 1.81 bits per heavy atom. The average Bonchev–Trinajstić information content (AvgIpc) is 2.68. The lowest BCUT2D eigenvalue weighted by Crippen LogP contribution is -2.35. The number of rotatable bonds is 7. The van der Waals surface area contributed by atoms with Gasteiger partial charge in [0, 0.05) is 25.0 Å². The number of nitrogens with zero attached hydrogens (tertiary/aromatic N) is 2. The second-order valence-corrected chi connectivity index (χ2v) is 9.00. The van der Waals surface area contributed by atoms with E-state index in [0.29, 0.717) is 31.2 Å². The van der Waals surface area contributed by atoms with Gasteiger partial charge >= 0.3 is 0 Å². The second-order valence-electron chi connectivity index (χ2n) is 5.95. The molecule has 2 aromatic rings. The maximum Gasteiger partial charge on any atom is 0.244 e. The molecule has 1 saturated heterocycles. The molecular weight excluding hydrogens is 375 g/mol. The third-order valence-corrected chi connectivity index (χ3v) is 6.87. The molecule has 3 rings (SSSR count). The summed E-state index contributed by atoms with van der Waals surface area (Å²) >= 11 is 1.48. The fourth-order valence-electron chi connectivity index (χ4n) is 2.70. The molecule has 1 aliphatic rings. The number of hydrogen-bond acceptors (Lipinski definition) is 5. The molecule has 0 N–H and O–H groups in total. The molecule has 0 radical (unpaired) electrons. The molecule has 0 atom stereocenters. The van der Waals surface area contributed by atoms with E-state index in [-0.39, 0.29) is 10.7 Å². The number of hydrogen-bond donors (Lipinski definition) is 0. The van der Waals surface area contributed by atoms with Crippen LogP contribution in [0, 0.1) is 5.82 Å². The quantitative estimate of drug-likeness (QED) is 0.529. The zero-order chi connectivity index (χ0) is 18.4. The number of aromatic nitrogens is 1. The highest BCUT2D eigenvalue weighted by molar-refractivity contribution is 7.99. The molecule has 0 spiro atoms. The minimum atomic E-state index is -3.44. The van der Waals surface area contributed by atoms with Crippen LogP contribution in [0.25, 0.3) is 0 Å². The minimum absolute atomic E-state index is 0.242. The van der Waals surface area contributed by atoms with Crippen LogP contribution in [-0.4, -0.2) is 43.2 Å². The van der Waals surface area contributed by atoms with Crippen LogP contribution in [0.2, 0.25) is 0 Å². The summed E-state index contributed by atoms with van der Waals surface area (Å²) in [6.07, 6.45) is 4.33. The monoisotopic (exact) mass is 396 g/mol. The van der Waals surface area contributed by atoms with E-state index in [0.717, 1.165) is 24.3 Å². The Bertz CT molecular complexity index is 805. The lowest BCUT2D eigenvalue weighted by molar-refractivity contribution is 0.343. The number of pyridine rings is 1. The Kier molecular flexibility index (Phi) is 6.50. The smallest absolute Gasteiger partial charge is 0.244 e. The molecule has 0 unspecified atom stereocenters. The van der Waals surface area contributed by atoms with Crippen molar-refractivity contribution in [3.8, 4) is 5.75 Å². The minimum Gasteiger partial charge on any atom is -0.493 e. The fraction of sp³-hybridized carbons (Fsp3) is 0.389. The van der Waals surface area contributed by atoms with E-state index in [1.807, 2.05) is 0 Å². The van der Waals surface area contributed by atoms with Crippen molar-refractivity contribution in [2.24, 2.45) is 0 Å². The summed E-state index contributed by atoms with van der Waals surface area (Å²) in [6, 6.07) is 9.20. The van der Waals surface area contributed by atoms with Gasteiger partial charge in [0.25, 0.3) is 0 Å². The molecule has 5 nitrogen and oxygen atoms in total. The Balaban J connectivity index is 1.50. The van der Waals surface area contributed by atoms with Gasteiger partial charge in [-0.2, -0.15) is 4.31 Å². The summed E-state index contributed by atoms with van der Waals surface area (Å²) in [5.41, 5.74) is 0. The number of sulfonamides is 1. The van der Waals surface area contributed by atoms with Crippen molar-refractivity contribution in [3.63, 3.8) is 0 Å². The SMILES string of the molecule is O=S(=O)(c1ccc(SCCOc2ccc(F)cc2)nc1)N1CCCCC1. The van der Waals surface area contributed by atoms with Gasteiger partial charge in [-0.3, -0.25) is 0 Å². The van der Waals surface area contributed by atoms with Gasteiger partial charge in [0.2, 0.25) is 10.0 Å². The molecule has 1 fully saturated rings. The number of benzene rings is 1. The number of ether oxygens (including phenoxy) is 1. The van der Waals surface area contributed by atoms with Crippen LogP contribution in [0.4, 0.5) is 4.39 Å². The molecule has 26 heavy (non-hydrogen) atoms. The first kappa shape index (κ1) is 19.1. The van der Waals surface area contributed by atoms with Crippen molar-refractivity contribution in [3.05, 3.63) is 48.4 Å². The first-order valence-electron chi connectivity index (χ1n) is 8.53. The molecule has 2 heterocycles. The van der Waals surface area contributed by atoms with E-state index in [4.69, 9.17) is 4.74 Å². The zero-order valence-electron chi connectivity index (χ0n) is 14.3. The van der Waals surface area contributed by atoms with Gasteiger partial charge < -0.3 is 4.74 Å². The maximum atomic E-state index is 12.8. The molecule has 140 valence electrons. The fourth-order valence-corrected chi connectivity index (χ4v) is 4.83.